The third kappa shape index (κ3) is 2.64. The van der Waals surface area contributed by atoms with E-state index in [1.165, 1.54) is 12.8 Å². The van der Waals surface area contributed by atoms with Crippen LogP contribution in [0.5, 0.6) is 0 Å². The lowest BCUT2D eigenvalue weighted by Gasteiger charge is -2.33. The molecule has 0 radical (unpaired) electrons. The van der Waals surface area contributed by atoms with E-state index in [0.717, 1.165) is 30.0 Å². The van der Waals surface area contributed by atoms with Gasteiger partial charge in [-0.15, -0.1) is 0 Å². The largest absolute Gasteiger partial charge is 0.396 e. The van der Waals surface area contributed by atoms with Gasteiger partial charge < -0.3 is 9.84 Å². The minimum absolute atomic E-state index is 0.150. The Morgan fingerprint density at radius 1 is 1.32 bits per heavy atom. The van der Waals surface area contributed by atoms with Gasteiger partial charge in [-0.1, -0.05) is 23.2 Å². The maximum absolute atomic E-state index is 9.93. The molecule has 19 heavy (non-hydrogen) atoms. The molecule has 1 aromatic carbocycles. The van der Waals surface area contributed by atoms with Crippen molar-refractivity contribution >= 4 is 23.2 Å². The van der Waals surface area contributed by atoms with Crippen molar-refractivity contribution in [3.05, 3.63) is 33.8 Å². The summed E-state index contributed by atoms with van der Waals surface area (Å²) in [6, 6.07) is 5.53. The Balaban J connectivity index is 1.87. The SMILES string of the molecule is OCC1(Cc2cc(Cl)ccc2Cl)CCOC1C1CC1. The van der Waals surface area contributed by atoms with E-state index in [9.17, 15) is 5.11 Å². The Labute approximate surface area is 123 Å². The fourth-order valence-electron chi connectivity index (χ4n) is 3.22. The van der Waals surface area contributed by atoms with E-state index in [1.54, 1.807) is 6.07 Å². The molecule has 1 N–H and O–H groups in total. The molecule has 1 heterocycles. The van der Waals surface area contributed by atoms with Gasteiger partial charge in [-0.25, -0.2) is 0 Å². The van der Waals surface area contributed by atoms with Gasteiger partial charge in [-0.3, -0.25) is 0 Å². The molecule has 1 saturated heterocycles. The lowest BCUT2D eigenvalue weighted by molar-refractivity contribution is 0.000599. The molecule has 2 atom stereocenters. The van der Waals surface area contributed by atoms with Crippen LogP contribution in [0.15, 0.2) is 18.2 Å². The highest BCUT2D eigenvalue weighted by Gasteiger charge is 2.50. The third-order valence-electron chi connectivity index (χ3n) is 4.42. The highest BCUT2D eigenvalue weighted by Crippen LogP contribution is 2.49. The van der Waals surface area contributed by atoms with Crippen molar-refractivity contribution in [3.8, 4) is 0 Å². The predicted molar refractivity (Wildman–Crippen MR) is 76.8 cm³/mol. The van der Waals surface area contributed by atoms with Crippen molar-refractivity contribution < 1.29 is 9.84 Å². The molecule has 1 saturated carbocycles. The summed E-state index contributed by atoms with van der Waals surface area (Å²) in [5.74, 6) is 0.618. The fourth-order valence-corrected chi connectivity index (χ4v) is 3.59. The first-order chi connectivity index (χ1) is 9.14. The minimum Gasteiger partial charge on any atom is -0.396 e. The van der Waals surface area contributed by atoms with Gasteiger partial charge in [0.25, 0.3) is 0 Å². The summed E-state index contributed by atoms with van der Waals surface area (Å²) in [5, 5.41) is 11.3. The molecule has 0 amide bonds. The number of aliphatic hydroxyl groups is 1. The van der Waals surface area contributed by atoms with Gasteiger partial charge >= 0.3 is 0 Å². The molecule has 0 bridgehead atoms. The molecule has 3 rings (SSSR count). The van der Waals surface area contributed by atoms with E-state index in [2.05, 4.69) is 0 Å². The summed E-state index contributed by atoms with van der Waals surface area (Å²) in [7, 11) is 0. The molecule has 1 aliphatic carbocycles. The lowest BCUT2D eigenvalue weighted by Crippen LogP contribution is -2.38. The molecule has 104 valence electrons. The van der Waals surface area contributed by atoms with Crippen molar-refractivity contribution in [2.45, 2.75) is 31.8 Å². The van der Waals surface area contributed by atoms with E-state index in [4.69, 9.17) is 27.9 Å². The molecular formula is C15H18Cl2O2. The quantitative estimate of drug-likeness (QED) is 0.918. The summed E-state index contributed by atoms with van der Waals surface area (Å²) >= 11 is 12.3. The summed E-state index contributed by atoms with van der Waals surface area (Å²) in [5.41, 5.74) is 0.828. The number of halogens is 2. The van der Waals surface area contributed by atoms with E-state index >= 15 is 0 Å². The first kappa shape index (κ1) is 13.7. The zero-order valence-electron chi connectivity index (χ0n) is 10.7. The van der Waals surface area contributed by atoms with Gasteiger partial charge in [0.2, 0.25) is 0 Å². The highest BCUT2D eigenvalue weighted by molar-refractivity contribution is 6.33. The molecule has 2 nitrogen and oxygen atoms in total. The molecule has 2 aliphatic rings. The Morgan fingerprint density at radius 3 is 2.79 bits per heavy atom. The number of benzene rings is 1. The van der Waals surface area contributed by atoms with E-state index < -0.39 is 0 Å². The van der Waals surface area contributed by atoms with Crippen LogP contribution in [0.3, 0.4) is 0 Å². The summed E-state index contributed by atoms with van der Waals surface area (Å²) in [6.07, 6.45) is 4.25. The Bertz CT molecular complexity index is 473. The maximum atomic E-state index is 9.93. The van der Waals surface area contributed by atoms with Crippen LogP contribution in [0.25, 0.3) is 0 Å². The first-order valence-corrected chi connectivity index (χ1v) is 7.57. The second kappa shape index (κ2) is 5.25. The van der Waals surface area contributed by atoms with Crippen LogP contribution in [0.1, 0.15) is 24.8 Å². The summed E-state index contributed by atoms with van der Waals surface area (Å²) < 4.78 is 5.89. The summed E-state index contributed by atoms with van der Waals surface area (Å²) in [4.78, 5) is 0. The Morgan fingerprint density at radius 2 is 2.11 bits per heavy atom. The molecule has 0 spiro atoms. The van der Waals surface area contributed by atoms with Crippen LogP contribution in [0.4, 0.5) is 0 Å². The second-order valence-electron chi connectivity index (χ2n) is 5.81. The molecule has 2 unspecified atom stereocenters. The van der Waals surface area contributed by atoms with Crippen LogP contribution >= 0.6 is 23.2 Å². The monoisotopic (exact) mass is 300 g/mol. The zero-order valence-corrected chi connectivity index (χ0v) is 12.3. The molecular weight excluding hydrogens is 283 g/mol. The Kier molecular flexibility index (Phi) is 3.78. The van der Waals surface area contributed by atoms with Crippen LogP contribution in [0.2, 0.25) is 10.0 Å². The van der Waals surface area contributed by atoms with Crippen molar-refractivity contribution in [2.75, 3.05) is 13.2 Å². The number of hydrogen-bond donors (Lipinski definition) is 1. The van der Waals surface area contributed by atoms with Crippen LogP contribution < -0.4 is 0 Å². The third-order valence-corrected chi connectivity index (χ3v) is 5.02. The summed E-state index contributed by atoms with van der Waals surface area (Å²) in [6.45, 7) is 0.886. The molecule has 1 aromatic rings. The normalized spacial score (nSPS) is 30.8. The average molecular weight is 301 g/mol. The number of hydrogen-bond acceptors (Lipinski definition) is 2. The lowest BCUT2D eigenvalue weighted by atomic mass is 9.75. The van der Waals surface area contributed by atoms with Crippen molar-refractivity contribution in [1.82, 2.24) is 0 Å². The maximum Gasteiger partial charge on any atom is 0.0685 e. The predicted octanol–water partition coefficient (Wildman–Crippen LogP) is 3.71. The highest BCUT2D eigenvalue weighted by atomic mass is 35.5. The van der Waals surface area contributed by atoms with E-state index in [-0.39, 0.29) is 18.1 Å². The van der Waals surface area contributed by atoms with Gasteiger partial charge in [0, 0.05) is 22.1 Å². The van der Waals surface area contributed by atoms with E-state index in [1.807, 2.05) is 12.1 Å². The second-order valence-corrected chi connectivity index (χ2v) is 6.66. The topological polar surface area (TPSA) is 29.5 Å². The van der Waals surface area contributed by atoms with Crippen molar-refractivity contribution in [2.24, 2.45) is 11.3 Å². The van der Waals surface area contributed by atoms with Crippen LogP contribution in [-0.4, -0.2) is 24.4 Å². The molecule has 1 aliphatic heterocycles. The van der Waals surface area contributed by atoms with Gasteiger partial charge in [0.15, 0.2) is 0 Å². The smallest absolute Gasteiger partial charge is 0.0685 e. The van der Waals surface area contributed by atoms with Gasteiger partial charge in [0.05, 0.1) is 12.7 Å². The van der Waals surface area contributed by atoms with Crippen LogP contribution in [-0.2, 0) is 11.2 Å². The van der Waals surface area contributed by atoms with E-state index in [0.29, 0.717) is 10.9 Å². The van der Waals surface area contributed by atoms with Crippen LogP contribution in [0, 0.1) is 11.3 Å². The van der Waals surface area contributed by atoms with Crippen molar-refractivity contribution in [1.29, 1.82) is 0 Å². The van der Waals surface area contributed by atoms with Gasteiger partial charge in [0.1, 0.15) is 0 Å². The molecule has 0 aromatic heterocycles. The average Bonchev–Trinajstić information content (AvgIpc) is 3.16. The standard InChI is InChI=1S/C15H18Cl2O2/c16-12-3-4-13(17)11(7-12)8-15(9-18)5-6-19-14(15)10-1-2-10/h3-4,7,10,14,18H,1-2,5-6,8-9H2. The van der Waals surface area contributed by atoms with Gasteiger partial charge in [-0.05, 0) is 55.4 Å². The zero-order chi connectivity index (χ0) is 13.5. The number of aliphatic hydroxyl groups excluding tert-OH is 1. The minimum atomic E-state index is -0.185. The fraction of sp³-hybridized carbons (Fsp3) is 0.600. The molecule has 4 heteroatoms. The first-order valence-electron chi connectivity index (χ1n) is 6.81. The number of rotatable bonds is 4. The van der Waals surface area contributed by atoms with Gasteiger partial charge in [-0.2, -0.15) is 0 Å². The van der Waals surface area contributed by atoms with Crippen molar-refractivity contribution in [3.63, 3.8) is 0 Å². The Hall–Kier alpha value is -0.280. The molecule has 2 fully saturated rings. The number of ether oxygens (including phenoxy) is 1.